The molecule has 0 radical (unpaired) electrons. The molecule has 0 bridgehead atoms. The summed E-state index contributed by atoms with van der Waals surface area (Å²) in [7, 11) is 0. The van der Waals surface area contributed by atoms with Gasteiger partial charge in [0.2, 0.25) is 0 Å². The molecule has 0 aliphatic rings. The molecule has 0 saturated heterocycles. The van der Waals surface area contributed by atoms with Gasteiger partial charge in [0.1, 0.15) is 6.33 Å². The Morgan fingerprint density at radius 1 is 1.27 bits per heavy atom. The minimum Gasteiger partial charge on any atom is -0.241 e. The second-order valence-corrected chi connectivity index (χ2v) is 5.68. The third-order valence-corrected chi connectivity index (χ3v) is 3.23. The molecule has 1 aromatic heterocycles. The normalized spacial score (nSPS) is 15.3. The summed E-state index contributed by atoms with van der Waals surface area (Å²) in [4.78, 5) is 9.06. The fourth-order valence-electron chi connectivity index (χ4n) is 1.90. The van der Waals surface area contributed by atoms with E-state index in [9.17, 15) is 0 Å². The van der Waals surface area contributed by atoms with Gasteiger partial charge in [-0.05, 0) is 18.4 Å². The van der Waals surface area contributed by atoms with Gasteiger partial charge in [-0.1, -0.05) is 43.6 Å². The number of alkyl halides is 1. The van der Waals surface area contributed by atoms with Crippen molar-refractivity contribution < 1.29 is 0 Å². The molecule has 0 aliphatic carbocycles. The number of hydrogen-bond donors (Lipinski definition) is 0. The summed E-state index contributed by atoms with van der Waals surface area (Å²) in [6.07, 6.45) is 2.65. The summed E-state index contributed by atoms with van der Waals surface area (Å²) in [5, 5.41) is 0. The Morgan fingerprint density at radius 3 is 2.40 bits per heavy atom. The average molecular weight is 271 g/mol. The number of aromatic nitrogens is 2. The predicted molar refractivity (Wildman–Crippen MR) is 67.4 cm³/mol. The van der Waals surface area contributed by atoms with Gasteiger partial charge in [-0.25, -0.2) is 9.97 Å². The Hall–Kier alpha value is -0.440. The van der Waals surface area contributed by atoms with E-state index in [1.807, 2.05) is 0 Å². The van der Waals surface area contributed by atoms with Crippen LogP contribution in [0.15, 0.2) is 12.4 Å². The van der Waals surface area contributed by atoms with Crippen molar-refractivity contribution in [1.29, 1.82) is 0 Å². The zero-order valence-electron chi connectivity index (χ0n) is 9.87. The van der Waals surface area contributed by atoms with Crippen LogP contribution in [0.4, 0.5) is 0 Å². The smallest absolute Gasteiger partial charge is 0.115 e. The Morgan fingerprint density at radius 2 is 1.93 bits per heavy atom. The first-order valence-corrected chi connectivity index (χ1v) is 6.42. The van der Waals surface area contributed by atoms with Crippen molar-refractivity contribution in [3.05, 3.63) is 23.8 Å². The molecule has 0 aromatic carbocycles. The fraction of sp³-hybridized carbons (Fsp3) is 0.667. The van der Waals surface area contributed by atoms with Gasteiger partial charge in [-0.3, -0.25) is 0 Å². The lowest BCUT2D eigenvalue weighted by molar-refractivity contribution is 0.486. The Kier molecular flexibility index (Phi) is 4.71. The van der Waals surface area contributed by atoms with Crippen LogP contribution in [0.1, 0.15) is 45.0 Å². The van der Waals surface area contributed by atoms with Gasteiger partial charge < -0.3 is 0 Å². The molecule has 84 valence electrons. The molecule has 0 aliphatic heterocycles. The molecular weight excluding hydrogens is 252 g/mol. The number of rotatable bonds is 4. The Bertz CT molecular complexity index is 302. The van der Waals surface area contributed by atoms with Gasteiger partial charge in [0, 0.05) is 22.1 Å². The molecule has 0 amide bonds. The number of hydrogen-bond acceptors (Lipinski definition) is 2. The zero-order valence-corrected chi connectivity index (χ0v) is 11.5. The molecule has 1 aromatic rings. The van der Waals surface area contributed by atoms with E-state index in [0.717, 1.165) is 17.8 Å². The molecule has 1 rings (SSSR count). The van der Waals surface area contributed by atoms with Crippen molar-refractivity contribution in [2.75, 3.05) is 0 Å². The highest BCUT2D eigenvalue weighted by Gasteiger charge is 2.22. The number of halogens is 1. The largest absolute Gasteiger partial charge is 0.241 e. The van der Waals surface area contributed by atoms with Crippen molar-refractivity contribution >= 4 is 15.9 Å². The summed E-state index contributed by atoms with van der Waals surface area (Å²) in [6.45, 7) is 8.76. The van der Waals surface area contributed by atoms with Crippen LogP contribution in [0.2, 0.25) is 0 Å². The van der Waals surface area contributed by atoms with E-state index in [-0.39, 0.29) is 0 Å². The van der Waals surface area contributed by atoms with Crippen LogP contribution in [0, 0.1) is 5.92 Å². The second kappa shape index (κ2) is 5.59. The average Bonchev–Trinajstić information content (AvgIpc) is 2.17. The second-order valence-electron chi connectivity index (χ2n) is 4.24. The van der Waals surface area contributed by atoms with Gasteiger partial charge in [0.25, 0.3) is 0 Å². The number of nitrogens with zero attached hydrogens (tertiary/aromatic N) is 2. The van der Waals surface area contributed by atoms with Gasteiger partial charge in [0.15, 0.2) is 0 Å². The first-order chi connectivity index (χ1) is 7.06. The predicted octanol–water partition coefficient (Wildman–Crippen LogP) is 3.56. The molecule has 0 fully saturated rings. The monoisotopic (exact) mass is 270 g/mol. The van der Waals surface area contributed by atoms with E-state index in [1.54, 1.807) is 6.33 Å². The topological polar surface area (TPSA) is 25.8 Å². The zero-order chi connectivity index (χ0) is 11.4. The standard InChI is InChI=1S/C12H19BrN2/c1-5-10-6-11(15-7-14-10)12(8(2)3)9(4)13/h6-9,12H,5H2,1-4H3. The molecule has 1 heterocycles. The van der Waals surface area contributed by atoms with Crippen molar-refractivity contribution in [3.63, 3.8) is 0 Å². The maximum atomic E-state index is 4.39. The minimum atomic E-state index is 0.442. The van der Waals surface area contributed by atoms with Gasteiger partial charge in [-0.2, -0.15) is 0 Å². The highest BCUT2D eigenvalue weighted by molar-refractivity contribution is 9.09. The summed E-state index contributed by atoms with van der Waals surface area (Å²) in [5.41, 5.74) is 2.28. The third-order valence-electron chi connectivity index (χ3n) is 2.66. The van der Waals surface area contributed by atoms with Crippen LogP contribution in [0.3, 0.4) is 0 Å². The van der Waals surface area contributed by atoms with Crippen molar-refractivity contribution in [2.24, 2.45) is 5.92 Å². The molecule has 15 heavy (non-hydrogen) atoms. The SMILES string of the molecule is CCc1cc(C(C(C)C)C(C)Br)ncn1. The molecule has 0 spiro atoms. The van der Waals surface area contributed by atoms with Crippen molar-refractivity contribution in [2.45, 2.75) is 44.9 Å². The van der Waals surface area contributed by atoms with Gasteiger partial charge in [0.05, 0.1) is 0 Å². The molecule has 0 saturated carbocycles. The lowest BCUT2D eigenvalue weighted by Gasteiger charge is -2.23. The van der Waals surface area contributed by atoms with Gasteiger partial charge >= 0.3 is 0 Å². The van der Waals surface area contributed by atoms with Crippen LogP contribution in [-0.2, 0) is 6.42 Å². The van der Waals surface area contributed by atoms with Crippen molar-refractivity contribution in [3.8, 4) is 0 Å². The van der Waals surface area contributed by atoms with Crippen LogP contribution in [0.25, 0.3) is 0 Å². The molecule has 2 nitrogen and oxygen atoms in total. The van der Waals surface area contributed by atoms with E-state index in [0.29, 0.717) is 16.7 Å². The third kappa shape index (κ3) is 3.26. The van der Waals surface area contributed by atoms with Crippen molar-refractivity contribution in [1.82, 2.24) is 9.97 Å². The fourth-order valence-corrected chi connectivity index (χ4v) is 2.78. The van der Waals surface area contributed by atoms with Gasteiger partial charge in [-0.15, -0.1) is 0 Å². The lowest BCUT2D eigenvalue weighted by Crippen LogP contribution is -2.17. The molecule has 2 atom stereocenters. The maximum absolute atomic E-state index is 4.39. The summed E-state index contributed by atoms with van der Waals surface area (Å²) >= 11 is 3.66. The lowest BCUT2D eigenvalue weighted by atomic mass is 9.89. The van der Waals surface area contributed by atoms with E-state index in [2.05, 4.69) is 59.7 Å². The molecule has 2 unspecified atom stereocenters. The highest BCUT2D eigenvalue weighted by atomic mass is 79.9. The summed E-state index contributed by atoms with van der Waals surface area (Å²) in [6, 6.07) is 2.13. The minimum absolute atomic E-state index is 0.442. The summed E-state index contributed by atoms with van der Waals surface area (Å²) < 4.78 is 0. The van der Waals surface area contributed by atoms with Crippen LogP contribution in [0.5, 0.6) is 0 Å². The van der Waals surface area contributed by atoms with E-state index < -0.39 is 0 Å². The first-order valence-electron chi connectivity index (χ1n) is 5.51. The first kappa shape index (κ1) is 12.6. The van der Waals surface area contributed by atoms with Crippen LogP contribution in [-0.4, -0.2) is 14.8 Å². The number of aryl methyl sites for hydroxylation is 1. The maximum Gasteiger partial charge on any atom is 0.115 e. The van der Waals surface area contributed by atoms with E-state index >= 15 is 0 Å². The quantitative estimate of drug-likeness (QED) is 0.782. The molecular formula is C12H19BrN2. The molecule has 3 heteroatoms. The summed E-state index contributed by atoms with van der Waals surface area (Å²) in [5.74, 6) is 1.04. The Balaban J connectivity index is 3.00. The van der Waals surface area contributed by atoms with E-state index in [4.69, 9.17) is 0 Å². The Labute approximate surface area is 101 Å². The molecule has 0 N–H and O–H groups in total. The van der Waals surface area contributed by atoms with E-state index in [1.165, 1.54) is 0 Å². The van der Waals surface area contributed by atoms with Crippen LogP contribution >= 0.6 is 15.9 Å². The highest BCUT2D eigenvalue weighted by Crippen LogP contribution is 2.30. The van der Waals surface area contributed by atoms with Crippen LogP contribution < -0.4 is 0 Å².